The molecule has 0 saturated carbocycles. The van der Waals surface area contributed by atoms with E-state index in [0.717, 1.165) is 0 Å². The molecule has 0 amide bonds. The SMILES string of the molecule is CC(C)(C)c1cc(C(C)(C)C)c2c(C(C)(C)C)cc(C(C)(C)C)c(C(C)(C)C)c2c1C(C)(C)C. The summed E-state index contributed by atoms with van der Waals surface area (Å²) in [7, 11) is 0. The first-order valence-electron chi connectivity index (χ1n) is 13.4. The van der Waals surface area contributed by atoms with Crippen molar-refractivity contribution in [2.45, 2.75) is 157 Å². The predicted octanol–water partition coefficient (Wildman–Crippen LogP) is 10.6. The fourth-order valence-electron chi connectivity index (χ4n) is 5.56. The summed E-state index contributed by atoms with van der Waals surface area (Å²) in [5, 5.41) is 3.05. The molecule has 0 fully saturated rings. The van der Waals surface area contributed by atoms with Crippen molar-refractivity contribution in [2.75, 3.05) is 0 Å². The number of rotatable bonds is 0. The summed E-state index contributed by atoms with van der Waals surface area (Å²) in [5.74, 6) is 0. The second-order valence-corrected chi connectivity index (χ2v) is 16.9. The zero-order chi connectivity index (χ0) is 27.0. The first kappa shape index (κ1) is 28.9. The monoisotopic (exact) mass is 464 g/mol. The van der Waals surface area contributed by atoms with Gasteiger partial charge < -0.3 is 0 Å². The molecule has 34 heavy (non-hydrogen) atoms. The number of fused-ring (bicyclic) bond motifs is 1. The van der Waals surface area contributed by atoms with Gasteiger partial charge in [-0.3, -0.25) is 0 Å². The standard InChI is InChI=1S/C34H56/c1-29(2,3)21-19-23(31(7,8)9)27(33(13,14)15)26-25(21)22(30(4,5)6)20-24(32(10,11)12)28(26)34(16,17)18/h19-20H,1-18H3. The Bertz CT molecular complexity index is 979. The molecule has 0 aromatic heterocycles. The molecule has 192 valence electrons. The zero-order valence-corrected chi connectivity index (χ0v) is 26.2. The van der Waals surface area contributed by atoms with Crippen molar-refractivity contribution in [3.05, 3.63) is 45.5 Å². The van der Waals surface area contributed by atoms with Crippen LogP contribution in [0.25, 0.3) is 10.8 Å². The molecule has 0 bridgehead atoms. The molecule has 0 radical (unpaired) electrons. The van der Waals surface area contributed by atoms with Crippen molar-refractivity contribution in [1.82, 2.24) is 0 Å². The molecule has 0 aliphatic rings. The highest BCUT2D eigenvalue weighted by atomic mass is 14.4. The molecule has 0 atom stereocenters. The molecule has 0 nitrogen and oxygen atoms in total. The maximum absolute atomic E-state index is 2.58. The lowest BCUT2D eigenvalue weighted by atomic mass is 9.63. The van der Waals surface area contributed by atoms with Crippen molar-refractivity contribution in [3.8, 4) is 0 Å². The molecule has 0 aliphatic heterocycles. The molecule has 0 aliphatic carbocycles. The Hall–Kier alpha value is -1.30. The molecule has 0 N–H and O–H groups in total. The van der Waals surface area contributed by atoms with Gasteiger partial charge in [-0.1, -0.05) is 137 Å². The van der Waals surface area contributed by atoms with Crippen LogP contribution in [0.5, 0.6) is 0 Å². The molecule has 0 saturated heterocycles. The van der Waals surface area contributed by atoms with Crippen molar-refractivity contribution < 1.29 is 0 Å². The minimum Gasteiger partial charge on any atom is -0.0561 e. The molecular weight excluding hydrogens is 408 g/mol. The van der Waals surface area contributed by atoms with Crippen LogP contribution < -0.4 is 0 Å². The summed E-state index contributed by atoms with van der Waals surface area (Å²) in [5.41, 5.74) is 9.38. The zero-order valence-electron chi connectivity index (χ0n) is 26.2. The van der Waals surface area contributed by atoms with E-state index in [4.69, 9.17) is 0 Å². The van der Waals surface area contributed by atoms with E-state index < -0.39 is 0 Å². The van der Waals surface area contributed by atoms with Crippen LogP contribution in [-0.4, -0.2) is 0 Å². The summed E-state index contributed by atoms with van der Waals surface area (Å²) >= 11 is 0. The lowest BCUT2D eigenvalue weighted by Crippen LogP contribution is -2.30. The van der Waals surface area contributed by atoms with E-state index in [0.29, 0.717) is 0 Å². The number of hydrogen-bond acceptors (Lipinski definition) is 0. The Labute approximate surface area is 213 Å². The van der Waals surface area contributed by atoms with Crippen LogP contribution in [0, 0.1) is 0 Å². The van der Waals surface area contributed by atoms with Crippen LogP contribution in [-0.2, 0) is 32.5 Å². The van der Waals surface area contributed by atoms with Crippen molar-refractivity contribution in [2.24, 2.45) is 0 Å². The van der Waals surface area contributed by atoms with E-state index in [2.05, 4.69) is 137 Å². The van der Waals surface area contributed by atoms with Crippen LogP contribution in [0.3, 0.4) is 0 Å². The predicted molar refractivity (Wildman–Crippen MR) is 156 cm³/mol. The number of hydrogen-bond donors (Lipinski definition) is 0. The van der Waals surface area contributed by atoms with Gasteiger partial charge in [0.2, 0.25) is 0 Å². The van der Waals surface area contributed by atoms with Crippen molar-refractivity contribution >= 4 is 10.8 Å². The minimum absolute atomic E-state index is 0.0307. The highest BCUT2D eigenvalue weighted by Crippen LogP contribution is 2.51. The Morgan fingerprint density at radius 2 is 0.529 bits per heavy atom. The maximum atomic E-state index is 2.58. The van der Waals surface area contributed by atoms with Gasteiger partial charge >= 0.3 is 0 Å². The maximum Gasteiger partial charge on any atom is -0.00972 e. The largest absolute Gasteiger partial charge is 0.0561 e. The Morgan fingerprint density at radius 3 is 0.706 bits per heavy atom. The minimum atomic E-state index is 0.0307. The fourth-order valence-corrected chi connectivity index (χ4v) is 5.56. The van der Waals surface area contributed by atoms with Gasteiger partial charge in [-0.15, -0.1) is 0 Å². The number of benzene rings is 2. The molecule has 0 spiro atoms. The summed E-state index contributed by atoms with van der Waals surface area (Å²) in [6.07, 6.45) is 0. The van der Waals surface area contributed by atoms with E-state index in [1.54, 1.807) is 11.1 Å². The molecule has 0 heterocycles. The van der Waals surface area contributed by atoms with Crippen LogP contribution in [0.4, 0.5) is 0 Å². The second kappa shape index (κ2) is 8.11. The highest BCUT2D eigenvalue weighted by molar-refractivity contribution is 5.99. The van der Waals surface area contributed by atoms with Gasteiger partial charge in [0.15, 0.2) is 0 Å². The smallest absolute Gasteiger partial charge is 0.00972 e. The van der Waals surface area contributed by atoms with Crippen LogP contribution in [0.1, 0.15) is 158 Å². The first-order chi connectivity index (χ1) is 14.7. The molecule has 2 aromatic rings. The highest BCUT2D eigenvalue weighted by Gasteiger charge is 2.38. The van der Waals surface area contributed by atoms with E-state index in [-0.39, 0.29) is 32.5 Å². The third kappa shape index (κ3) is 5.42. The van der Waals surface area contributed by atoms with Crippen LogP contribution in [0.2, 0.25) is 0 Å². The first-order valence-corrected chi connectivity index (χ1v) is 13.4. The summed E-state index contributed by atoms with van der Waals surface area (Å²) in [4.78, 5) is 0. The van der Waals surface area contributed by atoms with Gasteiger partial charge in [0, 0.05) is 0 Å². The van der Waals surface area contributed by atoms with E-state index in [1.807, 2.05) is 0 Å². The van der Waals surface area contributed by atoms with Crippen LogP contribution in [0.15, 0.2) is 12.1 Å². The fraction of sp³-hybridized carbons (Fsp3) is 0.706. The molecule has 0 heteroatoms. The van der Waals surface area contributed by atoms with Gasteiger partial charge in [0.05, 0.1) is 0 Å². The van der Waals surface area contributed by atoms with Gasteiger partial charge in [0.25, 0.3) is 0 Å². The second-order valence-electron chi connectivity index (χ2n) is 16.9. The Balaban J connectivity index is 3.65. The normalized spacial score (nSPS) is 14.8. The average molecular weight is 465 g/mol. The lowest BCUT2D eigenvalue weighted by Gasteiger charge is -2.41. The van der Waals surface area contributed by atoms with Gasteiger partial charge in [0.1, 0.15) is 0 Å². The molecule has 0 unspecified atom stereocenters. The third-order valence-corrected chi connectivity index (χ3v) is 7.14. The average Bonchev–Trinajstić information content (AvgIpc) is 2.53. The summed E-state index contributed by atoms with van der Waals surface area (Å²) in [6, 6.07) is 5.17. The Kier molecular flexibility index (Phi) is 6.90. The van der Waals surface area contributed by atoms with Crippen molar-refractivity contribution in [1.29, 1.82) is 0 Å². The third-order valence-electron chi connectivity index (χ3n) is 7.14. The van der Waals surface area contributed by atoms with E-state index in [1.165, 1.54) is 33.0 Å². The molecule has 2 aromatic carbocycles. The van der Waals surface area contributed by atoms with Crippen LogP contribution >= 0.6 is 0 Å². The topological polar surface area (TPSA) is 0 Å². The van der Waals surface area contributed by atoms with Gasteiger partial charge in [-0.25, -0.2) is 0 Å². The Morgan fingerprint density at radius 1 is 0.294 bits per heavy atom. The summed E-state index contributed by atoms with van der Waals surface area (Å²) < 4.78 is 0. The van der Waals surface area contributed by atoms with E-state index >= 15 is 0 Å². The van der Waals surface area contributed by atoms with Gasteiger partial charge in [-0.2, -0.15) is 0 Å². The van der Waals surface area contributed by atoms with Crippen molar-refractivity contribution in [3.63, 3.8) is 0 Å². The quantitative estimate of drug-likeness (QED) is 0.363. The summed E-state index contributed by atoms with van der Waals surface area (Å²) in [6.45, 7) is 43.2. The van der Waals surface area contributed by atoms with Gasteiger partial charge in [-0.05, 0) is 76.6 Å². The van der Waals surface area contributed by atoms with E-state index in [9.17, 15) is 0 Å². The lowest BCUT2D eigenvalue weighted by molar-refractivity contribution is 0.514. The molecule has 2 rings (SSSR count). The molecular formula is C34H56.